The average molecular weight is 496 g/mol. The molecule has 182 valence electrons. The molecule has 0 unspecified atom stereocenters. The van der Waals surface area contributed by atoms with Crippen molar-refractivity contribution in [3.8, 4) is 0 Å². The van der Waals surface area contributed by atoms with E-state index in [0.29, 0.717) is 38.3 Å². The first-order valence-electron chi connectivity index (χ1n) is 11.5. The number of hydrazone groups is 1. The van der Waals surface area contributed by atoms with Gasteiger partial charge in [-0.1, -0.05) is 6.07 Å². The number of piperazine rings is 1. The van der Waals surface area contributed by atoms with Crippen LogP contribution in [0.5, 0.6) is 0 Å². The molecule has 0 radical (unpaired) electrons. The molecular formula is C25H26FN5O3S. The second kappa shape index (κ2) is 10.5. The van der Waals surface area contributed by atoms with Crippen molar-refractivity contribution in [3.63, 3.8) is 0 Å². The number of furan rings is 1. The minimum atomic E-state index is -0.341. The number of benzene rings is 1. The molecule has 0 saturated carbocycles. The average Bonchev–Trinajstić information content (AvgIpc) is 3.62. The van der Waals surface area contributed by atoms with E-state index in [4.69, 9.17) is 4.42 Å². The van der Waals surface area contributed by atoms with Crippen molar-refractivity contribution in [2.24, 2.45) is 5.10 Å². The molecular weight excluding hydrogens is 469 g/mol. The lowest BCUT2D eigenvalue weighted by Gasteiger charge is -2.34. The van der Waals surface area contributed by atoms with Crippen LogP contribution in [-0.2, 0) is 9.59 Å². The highest BCUT2D eigenvalue weighted by molar-refractivity contribution is 7.12. The van der Waals surface area contributed by atoms with Crippen molar-refractivity contribution < 1.29 is 18.4 Å². The first-order valence-corrected chi connectivity index (χ1v) is 12.4. The molecule has 1 saturated heterocycles. The van der Waals surface area contributed by atoms with E-state index in [1.165, 1.54) is 24.3 Å². The van der Waals surface area contributed by atoms with Crippen LogP contribution in [0.4, 0.5) is 10.1 Å². The second-order valence-corrected chi connectivity index (χ2v) is 9.55. The van der Waals surface area contributed by atoms with E-state index in [-0.39, 0.29) is 36.8 Å². The molecule has 1 fully saturated rings. The topological polar surface area (TPSA) is 81.4 Å². The molecule has 1 aromatic carbocycles. The number of hydrogen-bond donors (Lipinski definition) is 1. The smallest absolute Gasteiger partial charge is 0.257 e. The summed E-state index contributed by atoms with van der Waals surface area (Å²) < 4.78 is 18.6. The Labute approximate surface area is 206 Å². The van der Waals surface area contributed by atoms with Gasteiger partial charge in [0.15, 0.2) is 0 Å². The number of hydrogen-bond acceptors (Lipinski definition) is 7. The van der Waals surface area contributed by atoms with E-state index >= 15 is 0 Å². The molecule has 8 nitrogen and oxygen atoms in total. The van der Waals surface area contributed by atoms with Gasteiger partial charge in [0.05, 0.1) is 29.9 Å². The number of thiophene rings is 1. The summed E-state index contributed by atoms with van der Waals surface area (Å²) >= 11 is 1.61. The molecule has 2 amide bonds. The highest BCUT2D eigenvalue weighted by Gasteiger charge is 2.36. The summed E-state index contributed by atoms with van der Waals surface area (Å²) in [6, 6.07) is 13.2. The summed E-state index contributed by atoms with van der Waals surface area (Å²) in [7, 11) is 0. The van der Waals surface area contributed by atoms with Crippen LogP contribution < -0.4 is 5.32 Å². The van der Waals surface area contributed by atoms with E-state index in [9.17, 15) is 14.0 Å². The molecule has 35 heavy (non-hydrogen) atoms. The van der Waals surface area contributed by atoms with Crippen molar-refractivity contribution in [2.75, 3.05) is 44.6 Å². The van der Waals surface area contributed by atoms with Gasteiger partial charge in [0.1, 0.15) is 17.6 Å². The lowest BCUT2D eigenvalue weighted by Crippen LogP contribution is -2.51. The van der Waals surface area contributed by atoms with Gasteiger partial charge in [-0.25, -0.2) is 9.40 Å². The summed E-state index contributed by atoms with van der Waals surface area (Å²) in [5.74, 6) is 0.174. The Kier molecular flexibility index (Phi) is 7.03. The van der Waals surface area contributed by atoms with Crippen LogP contribution in [0.1, 0.15) is 23.1 Å². The zero-order valence-electron chi connectivity index (χ0n) is 19.1. The summed E-state index contributed by atoms with van der Waals surface area (Å²) in [6.07, 6.45) is 2.24. The van der Waals surface area contributed by atoms with Crippen molar-refractivity contribution in [2.45, 2.75) is 12.5 Å². The molecule has 10 heteroatoms. The largest absolute Gasteiger partial charge is 0.467 e. The number of halogens is 1. The Bertz CT molecular complexity index is 1170. The number of amides is 2. The van der Waals surface area contributed by atoms with Crippen LogP contribution in [0.15, 0.2) is 69.7 Å². The summed E-state index contributed by atoms with van der Waals surface area (Å²) in [4.78, 5) is 30.8. The summed E-state index contributed by atoms with van der Waals surface area (Å²) in [5, 5.41) is 11.0. The monoisotopic (exact) mass is 495 g/mol. The van der Waals surface area contributed by atoms with Crippen LogP contribution in [0.25, 0.3) is 0 Å². The van der Waals surface area contributed by atoms with Crippen molar-refractivity contribution >= 4 is 34.6 Å². The lowest BCUT2D eigenvalue weighted by molar-refractivity contribution is -0.135. The van der Waals surface area contributed by atoms with Crippen LogP contribution in [0.2, 0.25) is 0 Å². The third-order valence-corrected chi connectivity index (χ3v) is 7.08. The molecule has 5 rings (SSSR count). The normalized spacial score (nSPS) is 19.1. The number of anilines is 1. The standard InChI is InChI=1S/C25H26FN5O3S/c26-18-5-7-19(8-6-18)27-24(32)16-29-9-11-30(12-10-29)17-25(33)31-21(22-3-1-13-34-22)15-20(28-31)23-4-2-14-35-23/h1-8,13-14,21H,9-12,15-17H2,(H,27,32)/t21-/m0/s1. The zero-order chi connectivity index (χ0) is 24.2. The van der Waals surface area contributed by atoms with Gasteiger partial charge >= 0.3 is 0 Å². The van der Waals surface area contributed by atoms with E-state index in [1.807, 2.05) is 34.5 Å². The summed E-state index contributed by atoms with van der Waals surface area (Å²) in [5.41, 5.74) is 1.46. The maximum absolute atomic E-state index is 13.3. The Morgan fingerprint density at radius 1 is 1.03 bits per heavy atom. The molecule has 0 spiro atoms. The maximum atomic E-state index is 13.3. The molecule has 1 N–H and O–H groups in total. The van der Waals surface area contributed by atoms with Gasteiger partial charge in [-0.2, -0.15) is 5.10 Å². The van der Waals surface area contributed by atoms with Crippen LogP contribution in [0.3, 0.4) is 0 Å². The zero-order valence-corrected chi connectivity index (χ0v) is 19.9. The lowest BCUT2D eigenvalue weighted by atomic mass is 10.1. The number of nitrogens with zero attached hydrogens (tertiary/aromatic N) is 4. The SMILES string of the molecule is O=C(CN1CCN(CC(=O)N2N=C(c3cccs3)C[C@H]2c2ccco2)CC1)Nc1ccc(F)cc1. The Balaban J connectivity index is 1.14. The minimum Gasteiger partial charge on any atom is -0.467 e. The van der Waals surface area contributed by atoms with Crippen molar-refractivity contribution in [3.05, 3.63) is 76.6 Å². The third kappa shape index (κ3) is 5.67. The van der Waals surface area contributed by atoms with Crippen molar-refractivity contribution in [1.82, 2.24) is 14.8 Å². The molecule has 0 aliphatic carbocycles. The van der Waals surface area contributed by atoms with E-state index < -0.39 is 0 Å². The highest BCUT2D eigenvalue weighted by atomic mass is 32.1. The van der Waals surface area contributed by atoms with Gasteiger partial charge in [-0.15, -0.1) is 11.3 Å². The number of nitrogens with one attached hydrogen (secondary N) is 1. The Hall–Kier alpha value is -3.34. The first kappa shape index (κ1) is 23.4. The van der Waals surface area contributed by atoms with Crippen LogP contribution in [-0.4, -0.2) is 71.6 Å². The fourth-order valence-corrected chi connectivity index (χ4v) is 5.06. The number of rotatable bonds is 7. The molecule has 1 atom stereocenters. The van der Waals surface area contributed by atoms with Gasteiger partial charge < -0.3 is 9.73 Å². The van der Waals surface area contributed by atoms with Gasteiger partial charge in [0.25, 0.3) is 5.91 Å². The van der Waals surface area contributed by atoms with Gasteiger partial charge in [0, 0.05) is 38.3 Å². The van der Waals surface area contributed by atoms with E-state index in [2.05, 4.69) is 15.3 Å². The number of carbonyl (C=O) groups excluding carboxylic acids is 2. The molecule has 0 bridgehead atoms. The van der Waals surface area contributed by atoms with Gasteiger partial charge in [0.2, 0.25) is 5.91 Å². The van der Waals surface area contributed by atoms with Crippen LogP contribution in [0, 0.1) is 5.82 Å². The predicted molar refractivity (Wildman–Crippen MR) is 132 cm³/mol. The highest BCUT2D eigenvalue weighted by Crippen LogP contribution is 2.34. The quantitative estimate of drug-likeness (QED) is 0.543. The number of carbonyl (C=O) groups is 2. The minimum absolute atomic E-state index is 0.0690. The molecule has 2 aromatic heterocycles. The fraction of sp³-hybridized carbons (Fsp3) is 0.320. The Morgan fingerprint density at radius 3 is 2.43 bits per heavy atom. The fourth-order valence-electron chi connectivity index (χ4n) is 4.34. The first-order chi connectivity index (χ1) is 17.0. The molecule has 2 aliphatic rings. The third-order valence-electron chi connectivity index (χ3n) is 6.16. The van der Waals surface area contributed by atoms with E-state index in [1.54, 1.807) is 22.6 Å². The van der Waals surface area contributed by atoms with Crippen LogP contribution >= 0.6 is 11.3 Å². The van der Waals surface area contributed by atoms with E-state index in [0.717, 1.165) is 16.3 Å². The predicted octanol–water partition coefficient (Wildman–Crippen LogP) is 3.41. The Morgan fingerprint density at radius 2 is 1.77 bits per heavy atom. The molecule has 2 aliphatic heterocycles. The summed E-state index contributed by atoms with van der Waals surface area (Å²) in [6.45, 7) is 3.21. The maximum Gasteiger partial charge on any atom is 0.257 e. The van der Waals surface area contributed by atoms with Gasteiger partial charge in [-0.3, -0.25) is 19.4 Å². The molecule has 3 aromatic rings. The van der Waals surface area contributed by atoms with Crippen molar-refractivity contribution in [1.29, 1.82) is 0 Å². The van der Waals surface area contributed by atoms with Gasteiger partial charge in [-0.05, 0) is 47.8 Å². The molecule has 4 heterocycles. The second-order valence-electron chi connectivity index (χ2n) is 8.61.